The van der Waals surface area contributed by atoms with Gasteiger partial charge in [0.05, 0.1) is 6.04 Å². The Morgan fingerprint density at radius 2 is 1.50 bits per heavy atom. The molecule has 13 heteroatoms. The molecule has 172 valence electrons. The molecule has 3 unspecified atom stereocenters. The third-order valence-corrected chi connectivity index (χ3v) is 4.15. The summed E-state index contributed by atoms with van der Waals surface area (Å²) in [7, 11) is 0. The van der Waals surface area contributed by atoms with Gasteiger partial charge in [-0.25, -0.2) is 4.79 Å². The van der Waals surface area contributed by atoms with Gasteiger partial charge in [0.2, 0.25) is 11.8 Å². The summed E-state index contributed by atoms with van der Waals surface area (Å²) in [6.07, 6.45) is 1.26. The molecule has 0 aliphatic carbocycles. The zero-order valence-corrected chi connectivity index (χ0v) is 16.9. The monoisotopic (exact) mass is 431 g/mol. The van der Waals surface area contributed by atoms with E-state index in [1.807, 2.05) is 0 Å². The minimum absolute atomic E-state index is 0.0853. The summed E-state index contributed by atoms with van der Waals surface area (Å²) < 4.78 is 0. The number of amides is 2. The predicted octanol–water partition coefficient (Wildman–Crippen LogP) is -2.58. The van der Waals surface area contributed by atoms with Gasteiger partial charge in [0.1, 0.15) is 12.1 Å². The Morgan fingerprint density at radius 3 is 2.03 bits per heavy atom. The van der Waals surface area contributed by atoms with E-state index in [1.54, 1.807) is 0 Å². The van der Waals surface area contributed by atoms with E-state index in [4.69, 9.17) is 28.0 Å². The smallest absolute Gasteiger partial charge is 0.326 e. The molecule has 30 heavy (non-hydrogen) atoms. The Morgan fingerprint density at radius 1 is 0.867 bits per heavy atom. The highest BCUT2D eigenvalue weighted by Gasteiger charge is 2.28. The zero-order valence-electron chi connectivity index (χ0n) is 16.9. The van der Waals surface area contributed by atoms with Crippen molar-refractivity contribution >= 4 is 29.7 Å². The number of nitrogens with zero attached hydrogens (tertiary/aromatic N) is 1. The molecular formula is C17H33N7O6. The summed E-state index contributed by atoms with van der Waals surface area (Å²) in [6, 6.07) is -3.39. The third-order valence-electron chi connectivity index (χ3n) is 4.15. The van der Waals surface area contributed by atoms with E-state index >= 15 is 0 Å². The van der Waals surface area contributed by atoms with Gasteiger partial charge in [0.15, 0.2) is 5.96 Å². The van der Waals surface area contributed by atoms with Gasteiger partial charge in [0.25, 0.3) is 0 Å². The zero-order chi connectivity index (χ0) is 23.1. The number of carboxylic acid groups (broad SMARTS) is 2. The molecule has 2 amide bonds. The average Bonchev–Trinajstić information content (AvgIpc) is 2.66. The highest BCUT2D eigenvalue weighted by atomic mass is 16.4. The van der Waals surface area contributed by atoms with Gasteiger partial charge in [-0.3, -0.25) is 19.4 Å². The number of carbonyl (C=O) groups is 4. The van der Waals surface area contributed by atoms with Crippen molar-refractivity contribution in [2.75, 3.05) is 13.1 Å². The largest absolute Gasteiger partial charge is 0.481 e. The van der Waals surface area contributed by atoms with Crippen molar-refractivity contribution in [1.82, 2.24) is 10.6 Å². The fourth-order valence-electron chi connectivity index (χ4n) is 2.49. The molecule has 0 bridgehead atoms. The van der Waals surface area contributed by atoms with Crippen LogP contribution in [0.1, 0.15) is 44.9 Å². The second-order valence-electron chi connectivity index (χ2n) is 6.73. The molecule has 0 saturated heterocycles. The van der Waals surface area contributed by atoms with Gasteiger partial charge in [-0.2, -0.15) is 0 Å². The first kappa shape index (κ1) is 27.1. The number of unbranched alkanes of at least 4 members (excludes halogenated alkanes) is 1. The maximum Gasteiger partial charge on any atom is 0.326 e. The average molecular weight is 431 g/mol. The van der Waals surface area contributed by atoms with Crippen LogP contribution in [0.4, 0.5) is 0 Å². The van der Waals surface area contributed by atoms with Crippen LogP contribution in [0.5, 0.6) is 0 Å². The van der Waals surface area contributed by atoms with Crippen LogP contribution >= 0.6 is 0 Å². The van der Waals surface area contributed by atoms with E-state index in [0.717, 1.165) is 0 Å². The number of rotatable bonds is 16. The van der Waals surface area contributed by atoms with Crippen molar-refractivity contribution in [2.24, 2.45) is 27.9 Å². The number of hydrogen-bond acceptors (Lipinski definition) is 7. The maximum absolute atomic E-state index is 12.5. The Balaban J connectivity index is 4.95. The predicted molar refractivity (Wildman–Crippen MR) is 109 cm³/mol. The third kappa shape index (κ3) is 12.5. The van der Waals surface area contributed by atoms with Crippen LogP contribution in [-0.2, 0) is 19.2 Å². The minimum Gasteiger partial charge on any atom is -0.481 e. The van der Waals surface area contributed by atoms with Gasteiger partial charge in [-0.05, 0) is 45.1 Å². The Hall–Kier alpha value is -2.93. The lowest BCUT2D eigenvalue weighted by atomic mass is 10.1. The van der Waals surface area contributed by atoms with E-state index in [0.29, 0.717) is 25.8 Å². The summed E-state index contributed by atoms with van der Waals surface area (Å²) >= 11 is 0. The molecule has 0 aromatic heterocycles. The molecule has 0 spiro atoms. The summed E-state index contributed by atoms with van der Waals surface area (Å²) in [4.78, 5) is 50.8. The first-order valence-corrected chi connectivity index (χ1v) is 9.64. The SMILES string of the molecule is NCCCCC(NC(=O)C(CCC(=O)O)NC(=O)C(N)CCCN=C(N)N)C(=O)O. The first-order valence-electron chi connectivity index (χ1n) is 9.64. The second-order valence-corrected chi connectivity index (χ2v) is 6.73. The van der Waals surface area contributed by atoms with Gasteiger partial charge in [-0.1, -0.05) is 0 Å². The highest BCUT2D eigenvalue weighted by molar-refractivity contribution is 5.92. The Kier molecular flexibility index (Phi) is 13.5. The van der Waals surface area contributed by atoms with Crippen LogP contribution in [0.2, 0.25) is 0 Å². The number of nitrogens with one attached hydrogen (secondary N) is 2. The standard InChI is InChI=1S/C17H33N7O6/c18-8-2-1-5-12(16(29)30)24-15(28)11(6-7-13(25)26)23-14(27)10(19)4-3-9-22-17(20)21/h10-12H,1-9,18-19H2,(H,23,27)(H,24,28)(H,25,26)(H,29,30)(H4,20,21,22). The fourth-order valence-corrected chi connectivity index (χ4v) is 2.49. The molecule has 3 atom stereocenters. The number of hydrogen-bond donors (Lipinski definition) is 8. The lowest BCUT2D eigenvalue weighted by Crippen LogP contribution is -2.54. The van der Waals surface area contributed by atoms with Gasteiger partial charge < -0.3 is 43.8 Å². The number of guanidine groups is 1. The molecule has 0 heterocycles. The normalized spacial score (nSPS) is 13.5. The molecule has 0 radical (unpaired) electrons. The van der Waals surface area contributed by atoms with Crippen molar-refractivity contribution in [3.05, 3.63) is 0 Å². The minimum atomic E-state index is -1.24. The van der Waals surface area contributed by atoms with Crippen molar-refractivity contribution in [3.63, 3.8) is 0 Å². The van der Waals surface area contributed by atoms with Crippen LogP contribution in [0.25, 0.3) is 0 Å². The summed E-state index contributed by atoms with van der Waals surface area (Å²) in [5.74, 6) is -3.95. The van der Waals surface area contributed by atoms with Gasteiger partial charge >= 0.3 is 11.9 Å². The second kappa shape index (κ2) is 15.0. The van der Waals surface area contributed by atoms with E-state index < -0.39 is 48.3 Å². The van der Waals surface area contributed by atoms with Gasteiger partial charge in [0, 0.05) is 13.0 Å². The molecule has 0 aliphatic rings. The van der Waals surface area contributed by atoms with Crippen LogP contribution in [0, 0.1) is 0 Å². The lowest BCUT2D eigenvalue weighted by Gasteiger charge is -2.22. The summed E-state index contributed by atoms with van der Waals surface area (Å²) in [6.45, 7) is 0.661. The molecule has 0 aromatic carbocycles. The molecular weight excluding hydrogens is 398 g/mol. The highest BCUT2D eigenvalue weighted by Crippen LogP contribution is 2.05. The van der Waals surface area contributed by atoms with E-state index in [9.17, 15) is 24.3 Å². The quantitative estimate of drug-likeness (QED) is 0.0719. The fraction of sp³-hybridized carbons (Fsp3) is 0.706. The Labute approximate surface area is 174 Å². The van der Waals surface area contributed by atoms with Crippen LogP contribution in [-0.4, -0.2) is 71.1 Å². The van der Waals surface area contributed by atoms with E-state index in [-0.39, 0.29) is 31.8 Å². The molecule has 0 aliphatic heterocycles. The summed E-state index contributed by atoms with van der Waals surface area (Å²) in [5, 5.41) is 22.9. The van der Waals surface area contributed by atoms with Crippen molar-refractivity contribution in [3.8, 4) is 0 Å². The molecule has 0 aromatic rings. The van der Waals surface area contributed by atoms with Crippen LogP contribution < -0.4 is 33.6 Å². The van der Waals surface area contributed by atoms with Crippen LogP contribution in [0.3, 0.4) is 0 Å². The molecule has 13 nitrogen and oxygen atoms in total. The molecule has 12 N–H and O–H groups in total. The molecule has 0 fully saturated rings. The van der Waals surface area contributed by atoms with E-state index in [1.165, 1.54) is 0 Å². The number of aliphatic imine (C=N–C) groups is 1. The summed E-state index contributed by atoms with van der Waals surface area (Å²) in [5.41, 5.74) is 21.6. The molecule has 0 rings (SSSR count). The Bertz CT molecular complexity index is 609. The van der Waals surface area contributed by atoms with Gasteiger partial charge in [-0.15, -0.1) is 0 Å². The van der Waals surface area contributed by atoms with Crippen LogP contribution in [0.15, 0.2) is 4.99 Å². The van der Waals surface area contributed by atoms with Crippen molar-refractivity contribution in [2.45, 2.75) is 63.1 Å². The number of carbonyl (C=O) groups excluding carboxylic acids is 2. The number of aliphatic carboxylic acids is 2. The lowest BCUT2D eigenvalue weighted by molar-refractivity contribution is -0.143. The first-order chi connectivity index (χ1) is 14.1. The van der Waals surface area contributed by atoms with E-state index in [2.05, 4.69) is 15.6 Å². The number of carboxylic acids is 2. The topological polar surface area (TPSA) is 249 Å². The van der Waals surface area contributed by atoms with Crippen molar-refractivity contribution < 1.29 is 29.4 Å². The maximum atomic E-state index is 12.5. The molecule has 0 saturated carbocycles. The number of nitrogens with two attached hydrogens (primary N) is 4. The van der Waals surface area contributed by atoms with Crippen molar-refractivity contribution in [1.29, 1.82) is 0 Å².